The maximum Gasteiger partial charge on any atom is 0.310 e. The molecule has 1 aliphatic heterocycles. The van der Waals surface area contributed by atoms with E-state index in [0.717, 1.165) is 41.9 Å². The van der Waals surface area contributed by atoms with E-state index in [1.165, 1.54) is 0 Å². The van der Waals surface area contributed by atoms with Gasteiger partial charge in [-0.3, -0.25) is 19.9 Å². The lowest BCUT2D eigenvalue weighted by molar-refractivity contribution is -0.384. The summed E-state index contributed by atoms with van der Waals surface area (Å²) in [7, 11) is 0. The molecule has 0 amide bonds. The van der Waals surface area contributed by atoms with Crippen molar-refractivity contribution in [2.45, 2.75) is 53.0 Å². The Labute approximate surface area is 194 Å². The van der Waals surface area contributed by atoms with Gasteiger partial charge in [-0.1, -0.05) is 32.9 Å². The molecule has 1 aliphatic carbocycles. The van der Waals surface area contributed by atoms with Crippen LogP contribution < -0.4 is 4.90 Å². The van der Waals surface area contributed by atoms with E-state index in [4.69, 9.17) is 4.74 Å². The van der Waals surface area contributed by atoms with Crippen LogP contribution >= 0.6 is 0 Å². The Kier molecular flexibility index (Phi) is 5.99. The average molecular weight is 450 g/mol. The third-order valence-corrected chi connectivity index (χ3v) is 7.50. The number of carbonyl (C=O) groups is 1. The van der Waals surface area contributed by atoms with E-state index in [1.54, 1.807) is 25.3 Å². The van der Waals surface area contributed by atoms with Crippen LogP contribution in [0.3, 0.4) is 0 Å². The number of anilines is 1. The van der Waals surface area contributed by atoms with Gasteiger partial charge >= 0.3 is 5.97 Å². The molecule has 2 bridgehead atoms. The summed E-state index contributed by atoms with van der Waals surface area (Å²) >= 11 is 0. The number of nitro benzene ring substituents is 1. The van der Waals surface area contributed by atoms with Crippen molar-refractivity contribution in [3.8, 4) is 0 Å². The van der Waals surface area contributed by atoms with Crippen molar-refractivity contribution < 1.29 is 14.5 Å². The Morgan fingerprint density at radius 3 is 2.52 bits per heavy atom. The van der Waals surface area contributed by atoms with Crippen LogP contribution in [0, 0.1) is 20.9 Å². The molecule has 4 rings (SSSR count). The summed E-state index contributed by atoms with van der Waals surface area (Å²) in [6.45, 7) is 10.1. The molecule has 1 saturated carbocycles. The average Bonchev–Trinajstić information content (AvgIpc) is 3.21. The zero-order valence-electron chi connectivity index (χ0n) is 19.7. The van der Waals surface area contributed by atoms with Crippen molar-refractivity contribution in [2.24, 2.45) is 15.8 Å². The minimum absolute atomic E-state index is 0.0564. The highest BCUT2D eigenvalue weighted by Gasteiger charge is 2.57. The highest BCUT2D eigenvalue weighted by molar-refractivity contribution is 5.91. The third kappa shape index (κ3) is 4.49. The first-order valence-corrected chi connectivity index (χ1v) is 11.5. The first kappa shape index (κ1) is 23.0. The van der Waals surface area contributed by atoms with Gasteiger partial charge in [0, 0.05) is 42.2 Å². The molecular weight excluding hydrogens is 418 g/mol. The molecule has 174 valence electrons. The molecule has 0 N–H and O–H groups in total. The van der Waals surface area contributed by atoms with Crippen LogP contribution in [0.4, 0.5) is 17.1 Å². The largest absolute Gasteiger partial charge is 0.466 e. The van der Waals surface area contributed by atoms with Crippen molar-refractivity contribution in [1.82, 2.24) is 0 Å². The lowest BCUT2D eigenvalue weighted by atomic mass is 9.69. The monoisotopic (exact) mass is 449 g/mol. The molecule has 0 spiro atoms. The molecule has 0 radical (unpaired) electrons. The van der Waals surface area contributed by atoms with Crippen molar-refractivity contribution in [3.05, 3.63) is 63.7 Å². The minimum Gasteiger partial charge on any atom is -0.466 e. The highest BCUT2D eigenvalue weighted by Crippen LogP contribution is 2.59. The molecule has 0 unspecified atom stereocenters. The molecule has 0 aromatic heterocycles. The molecule has 2 atom stereocenters. The van der Waals surface area contributed by atoms with Gasteiger partial charge in [0.05, 0.1) is 23.6 Å². The first-order chi connectivity index (χ1) is 15.6. The minimum atomic E-state index is -0.369. The predicted molar refractivity (Wildman–Crippen MR) is 129 cm³/mol. The van der Waals surface area contributed by atoms with Crippen LogP contribution in [0.5, 0.6) is 0 Å². The van der Waals surface area contributed by atoms with Crippen LogP contribution in [0.1, 0.15) is 51.7 Å². The van der Waals surface area contributed by atoms with Gasteiger partial charge in [0.1, 0.15) is 0 Å². The maximum absolute atomic E-state index is 11.7. The molecular formula is C26H31N3O4. The smallest absolute Gasteiger partial charge is 0.310 e. The van der Waals surface area contributed by atoms with E-state index in [2.05, 4.69) is 30.7 Å². The second-order valence-corrected chi connectivity index (χ2v) is 10.0. The number of fused-ring (bicyclic) bond motifs is 2. The second-order valence-electron chi connectivity index (χ2n) is 10.0. The number of esters is 1. The van der Waals surface area contributed by atoms with Crippen LogP contribution in [0.15, 0.2) is 47.5 Å². The summed E-state index contributed by atoms with van der Waals surface area (Å²) in [6.07, 6.45) is 4.18. The summed E-state index contributed by atoms with van der Waals surface area (Å²) in [5.74, 6) is -0.258. The number of aliphatic imine (C=N–C) groups is 1. The van der Waals surface area contributed by atoms with Crippen molar-refractivity contribution in [1.29, 1.82) is 0 Å². The normalized spacial score (nSPS) is 23.3. The SMILES string of the molecule is CCOC(=O)Cc1ccc(N=Cc2cc([N+](=O)[O-])ccc2N2C[C@@]3(C)C[C@H]2CC3(C)C)cc1. The summed E-state index contributed by atoms with van der Waals surface area (Å²) < 4.78 is 4.99. The number of non-ortho nitro benzene ring substituents is 1. The molecule has 2 aromatic carbocycles. The Morgan fingerprint density at radius 1 is 1.21 bits per heavy atom. The molecule has 2 fully saturated rings. The Morgan fingerprint density at radius 2 is 1.94 bits per heavy atom. The van der Waals surface area contributed by atoms with Gasteiger partial charge in [0.2, 0.25) is 0 Å². The van der Waals surface area contributed by atoms with Crippen molar-refractivity contribution >= 4 is 29.2 Å². The van der Waals surface area contributed by atoms with Crippen LogP contribution in [0.25, 0.3) is 0 Å². The quantitative estimate of drug-likeness (QED) is 0.242. The number of nitro groups is 1. The van der Waals surface area contributed by atoms with Crippen molar-refractivity contribution in [2.75, 3.05) is 18.1 Å². The maximum atomic E-state index is 11.7. The Bertz CT molecular complexity index is 1090. The van der Waals surface area contributed by atoms with E-state index >= 15 is 0 Å². The summed E-state index contributed by atoms with van der Waals surface area (Å²) in [5, 5.41) is 11.4. The topological polar surface area (TPSA) is 85.0 Å². The number of piperidine rings is 1. The van der Waals surface area contributed by atoms with Gasteiger partial charge in [0.15, 0.2) is 0 Å². The fourth-order valence-corrected chi connectivity index (χ4v) is 5.23. The van der Waals surface area contributed by atoms with Gasteiger partial charge in [-0.2, -0.15) is 0 Å². The predicted octanol–water partition coefficient (Wildman–Crippen LogP) is 5.47. The highest BCUT2D eigenvalue weighted by atomic mass is 16.6. The summed E-state index contributed by atoms with van der Waals surface area (Å²) in [4.78, 5) is 29.7. The number of hydrogen-bond acceptors (Lipinski definition) is 6. The number of nitrogens with zero attached hydrogens (tertiary/aromatic N) is 3. The fraction of sp³-hybridized carbons (Fsp3) is 0.462. The van der Waals surface area contributed by atoms with E-state index < -0.39 is 0 Å². The molecule has 7 heteroatoms. The number of hydrogen-bond donors (Lipinski definition) is 0. The zero-order valence-corrected chi connectivity index (χ0v) is 19.7. The molecule has 1 heterocycles. The van der Waals surface area contributed by atoms with E-state index in [-0.39, 0.29) is 33.8 Å². The molecule has 7 nitrogen and oxygen atoms in total. The van der Waals surface area contributed by atoms with E-state index in [1.807, 2.05) is 30.3 Å². The Hall–Kier alpha value is -3.22. The van der Waals surface area contributed by atoms with Gasteiger partial charge in [-0.15, -0.1) is 0 Å². The van der Waals surface area contributed by atoms with Gasteiger partial charge in [-0.25, -0.2) is 0 Å². The number of carbonyl (C=O) groups excluding carboxylic acids is 1. The van der Waals surface area contributed by atoms with Crippen LogP contribution in [-0.2, 0) is 16.0 Å². The fourth-order valence-electron chi connectivity index (χ4n) is 5.23. The van der Waals surface area contributed by atoms with Crippen molar-refractivity contribution in [3.63, 3.8) is 0 Å². The zero-order chi connectivity index (χ0) is 23.8. The number of ether oxygens (including phenoxy) is 1. The van der Waals surface area contributed by atoms with Crippen LogP contribution in [-0.4, -0.2) is 36.3 Å². The lowest BCUT2D eigenvalue weighted by Crippen LogP contribution is -2.44. The van der Waals surface area contributed by atoms with Gasteiger partial charge < -0.3 is 9.64 Å². The van der Waals surface area contributed by atoms with Gasteiger partial charge in [0.25, 0.3) is 5.69 Å². The first-order valence-electron chi connectivity index (χ1n) is 11.5. The molecule has 1 saturated heterocycles. The number of rotatable bonds is 7. The summed E-state index contributed by atoms with van der Waals surface area (Å²) in [5.41, 5.74) is 3.88. The van der Waals surface area contributed by atoms with Gasteiger partial charge in [-0.05, 0) is 54.4 Å². The standard InChI is InChI=1S/C26H31N3O4/c1-5-33-24(30)12-18-6-8-20(9-7-18)27-16-19-13-21(29(31)32)10-11-23(19)28-17-26(4)15-22(28)14-25(26,2)3/h6-11,13,16,22H,5,12,14-15,17H2,1-4H3/t22-,26-/m1/s1. The Balaban J connectivity index is 1.58. The molecule has 2 aliphatic rings. The van der Waals surface area contributed by atoms with E-state index in [0.29, 0.717) is 12.6 Å². The van der Waals surface area contributed by atoms with Crippen LogP contribution in [0.2, 0.25) is 0 Å². The molecule has 33 heavy (non-hydrogen) atoms. The third-order valence-electron chi connectivity index (χ3n) is 7.50. The summed E-state index contributed by atoms with van der Waals surface area (Å²) in [6, 6.07) is 12.8. The molecule has 2 aromatic rings. The second kappa shape index (κ2) is 8.61. The lowest BCUT2D eigenvalue weighted by Gasteiger charge is -2.44. The number of benzene rings is 2. The van der Waals surface area contributed by atoms with E-state index in [9.17, 15) is 14.9 Å².